The van der Waals surface area contributed by atoms with Crippen LogP contribution < -0.4 is 0 Å². The first kappa shape index (κ1) is 17.3. The van der Waals surface area contributed by atoms with Crippen molar-refractivity contribution in [3.8, 4) is 11.8 Å². The summed E-state index contributed by atoms with van der Waals surface area (Å²) < 4.78 is 28.5. The third-order valence-corrected chi connectivity index (χ3v) is 4.03. The Kier molecular flexibility index (Phi) is 5.59. The zero-order chi connectivity index (χ0) is 16.9. The normalized spacial score (nSPS) is 11.3. The zero-order valence-corrected chi connectivity index (χ0v) is 14.1. The van der Waals surface area contributed by atoms with Gasteiger partial charge in [-0.3, -0.25) is 4.18 Å². The van der Waals surface area contributed by atoms with Crippen molar-refractivity contribution in [3.05, 3.63) is 53.3 Å². The summed E-state index contributed by atoms with van der Waals surface area (Å²) in [5.74, 6) is 0. The van der Waals surface area contributed by atoms with Gasteiger partial charge in [0, 0.05) is 11.9 Å². The van der Waals surface area contributed by atoms with Crippen LogP contribution in [0.2, 0.25) is 0 Å². The van der Waals surface area contributed by atoms with Crippen LogP contribution in [0.5, 0.6) is 0 Å². The summed E-state index contributed by atoms with van der Waals surface area (Å²) in [7, 11) is -3.40. The largest absolute Gasteiger partial charge is 0.308 e. The van der Waals surface area contributed by atoms with E-state index in [1.54, 1.807) is 0 Å². The van der Waals surface area contributed by atoms with E-state index in [9.17, 15) is 13.7 Å². The highest BCUT2D eigenvalue weighted by Gasteiger charge is 2.07. The molecule has 0 spiro atoms. The number of aromatic nitrogens is 1. The summed E-state index contributed by atoms with van der Waals surface area (Å²) in [5.41, 5.74) is 3.66. The van der Waals surface area contributed by atoms with E-state index < -0.39 is 10.1 Å². The molecule has 0 unspecified atom stereocenters. The molecule has 0 radical (unpaired) electrons. The van der Waals surface area contributed by atoms with E-state index in [-0.39, 0.29) is 6.61 Å². The number of benzene rings is 1. The Balaban J connectivity index is 2.12. The minimum absolute atomic E-state index is 0.131. The summed E-state index contributed by atoms with van der Waals surface area (Å²) in [6.45, 7) is 2.24. The molecule has 0 fully saturated rings. The first-order valence-corrected chi connectivity index (χ1v) is 9.29. The molecule has 2 rings (SSSR count). The molecule has 0 saturated carbocycles. The Morgan fingerprint density at radius 1 is 1.17 bits per heavy atom. The van der Waals surface area contributed by atoms with Gasteiger partial charge in [-0.1, -0.05) is 25.5 Å². The summed E-state index contributed by atoms with van der Waals surface area (Å²) in [5, 5.41) is 9.26. The summed E-state index contributed by atoms with van der Waals surface area (Å²) in [4.78, 5) is 0. The summed E-state index contributed by atoms with van der Waals surface area (Å²) in [6, 6.07) is 11.8. The fourth-order valence-electron chi connectivity index (χ4n) is 2.38. The van der Waals surface area contributed by atoms with Gasteiger partial charge in [-0.15, -0.1) is 0 Å². The van der Waals surface area contributed by atoms with Crippen molar-refractivity contribution in [2.45, 2.75) is 26.2 Å². The Bertz CT molecular complexity index is 799. The number of nitrogens with zero attached hydrogens (tertiary/aromatic N) is 2. The number of hydrogen-bond donors (Lipinski definition) is 0. The highest BCUT2D eigenvalue weighted by Crippen LogP contribution is 2.17. The van der Waals surface area contributed by atoms with Gasteiger partial charge in [0.05, 0.1) is 12.9 Å². The standard InChI is InChI=1S/C17H20N2O3S/c1-3-4-15-11-17(12-18)19(13-15)16-7-5-14(6-8-16)9-10-22-23(2,20)21/h5-8,11,13H,3-4,9-10H2,1-2H3. The topological polar surface area (TPSA) is 72.1 Å². The molecule has 0 amide bonds. The Labute approximate surface area is 137 Å². The highest BCUT2D eigenvalue weighted by atomic mass is 32.2. The first-order valence-electron chi connectivity index (χ1n) is 7.48. The van der Waals surface area contributed by atoms with E-state index in [1.807, 2.05) is 41.1 Å². The van der Waals surface area contributed by atoms with Crippen LogP contribution in [0.1, 0.15) is 30.2 Å². The lowest BCUT2D eigenvalue weighted by Gasteiger charge is -2.07. The van der Waals surface area contributed by atoms with Crippen molar-refractivity contribution in [2.24, 2.45) is 0 Å². The van der Waals surface area contributed by atoms with E-state index in [0.29, 0.717) is 12.1 Å². The van der Waals surface area contributed by atoms with Crippen molar-refractivity contribution in [1.29, 1.82) is 5.26 Å². The van der Waals surface area contributed by atoms with Crippen molar-refractivity contribution < 1.29 is 12.6 Å². The molecule has 0 saturated heterocycles. The Hall–Kier alpha value is -2.10. The lowest BCUT2D eigenvalue weighted by atomic mass is 10.1. The van der Waals surface area contributed by atoms with Crippen LogP contribution in [0.3, 0.4) is 0 Å². The van der Waals surface area contributed by atoms with Crippen LogP contribution >= 0.6 is 0 Å². The van der Waals surface area contributed by atoms with Crippen molar-refractivity contribution in [2.75, 3.05) is 12.9 Å². The van der Waals surface area contributed by atoms with Gasteiger partial charge in [0.25, 0.3) is 10.1 Å². The third kappa shape index (κ3) is 4.95. The molecule has 1 heterocycles. The van der Waals surface area contributed by atoms with Crippen LogP contribution in [0.15, 0.2) is 36.5 Å². The Morgan fingerprint density at radius 3 is 2.43 bits per heavy atom. The maximum Gasteiger partial charge on any atom is 0.264 e. The predicted octanol–water partition coefficient (Wildman–Crippen LogP) is 2.82. The van der Waals surface area contributed by atoms with E-state index in [2.05, 4.69) is 13.0 Å². The van der Waals surface area contributed by atoms with E-state index in [4.69, 9.17) is 4.18 Å². The van der Waals surface area contributed by atoms with Gasteiger partial charge < -0.3 is 4.57 Å². The fraction of sp³-hybridized carbons (Fsp3) is 0.353. The number of nitriles is 1. The predicted molar refractivity (Wildman–Crippen MR) is 89.0 cm³/mol. The minimum atomic E-state index is -3.40. The van der Waals surface area contributed by atoms with Crippen LogP contribution in [0.25, 0.3) is 5.69 Å². The highest BCUT2D eigenvalue weighted by molar-refractivity contribution is 7.85. The van der Waals surface area contributed by atoms with Crippen molar-refractivity contribution in [1.82, 2.24) is 4.57 Å². The summed E-state index contributed by atoms with van der Waals surface area (Å²) in [6.07, 6.45) is 5.53. The lowest BCUT2D eigenvalue weighted by molar-refractivity contribution is 0.326. The van der Waals surface area contributed by atoms with Crippen LogP contribution in [0.4, 0.5) is 0 Å². The molecule has 1 aromatic carbocycles. The second-order valence-corrected chi connectivity index (χ2v) is 7.05. The molecule has 6 heteroatoms. The quantitative estimate of drug-likeness (QED) is 0.731. The molecule has 122 valence electrons. The fourth-order valence-corrected chi connectivity index (χ4v) is 2.76. The van der Waals surface area contributed by atoms with Gasteiger partial charge in [0.15, 0.2) is 0 Å². The van der Waals surface area contributed by atoms with E-state index in [1.165, 1.54) is 0 Å². The molecule has 5 nitrogen and oxygen atoms in total. The molecule has 1 aromatic heterocycles. The molecule has 0 aliphatic heterocycles. The molecule has 23 heavy (non-hydrogen) atoms. The van der Waals surface area contributed by atoms with Gasteiger partial charge >= 0.3 is 0 Å². The van der Waals surface area contributed by atoms with E-state index >= 15 is 0 Å². The third-order valence-electron chi connectivity index (χ3n) is 3.43. The Morgan fingerprint density at radius 2 is 1.87 bits per heavy atom. The molecule has 0 N–H and O–H groups in total. The van der Waals surface area contributed by atoms with Gasteiger partial charge in [-0.25, -0.2) is 0 Å². The molecule has 0 aliphatic rings. The van der Waals surface area contributed by atoms with Gasteiger partial charge in [0.2, 0.25) is 0 Å². The zero-order valence-electron chi connectivity index (χ0n) is 13.3. The second-order valence-electron chi connectivity index (χ2n) is 5.41. The van der Waals surface area contributed by atoms with Gasteiger partial charge in [-0.05, 0) is 42.2 Å². The smallest absolute Gasteiger partial charge is 0.264 e. The van der Waals surface area contributed by atoms with Gasteiger partial charge in [0.1, 0.15) is 11.8 Å². The number of hydrogen-bond acceptors (Lipinski definition) is 4. The summed E-state index contributed by atoms with van der Waals surface area (Å²) >= 11 is 0. The molecular weight excluding hydrogens is 312 g/mol. The maximum atomic E-state index is 10.9. The van der Waals surface area contributed by atoms with Crippen LogP contribution in [-0.2, 0) is 27.1 Å². The average molecular weight is 332 g/mol. The first-order chi connectivity index (χ1) is 10.9. The number of aryl methyl sites for hydroxylation is 1. The lowest BCUT2D eigenvalue weighted by Crippen LogP contribution is -2.06. The molecule has 0 bridgehead atoms. The second kappa shape index (κ2) is 7.44. The van der Waals surface area contributed by atoms with Crippen LogP contribution in [0, 0.1) is 11.3 Å². The maximum absolute atomic E-state index is 10.9. The SMILES string of the molecule is CCCc1cc(C#N)n(-c2ccc(CCOS(C)(=O)=O)cc2)c1. The molecule has 0 atom stereocenters. The number of rotatable bonds is 7. The molecule has 0 aliphatic carbocycles. The van der Waals surface area contributed by atoms with Gasteiger partial charge in [-0.2, -0.15) is 13.7 Å². The monoisotopic (exact) mass is 332 g/mol. The van der Waals surface area contributed by atoms with Crippen molar-refractivity contribution in [3.63, 3.8) is 0 Å². The minimum Gasteiger partial charge on any atom is -0.308 e. The molecular formula is C17H20N2O3S. The van der Waals surface area contributed by atoms with Crippen molar-refractivity contribution >= 4 is 10.1 Å². The molecule has 2 aromatic rings. The average Bonchev–Trinajstić information content (AvgIpc) is 2.90. The van der Waals surface area contributed by atoms with E-state index in [0.717, 1.165) is 35.9 Å². The van der Waals surface area contributed by atoms with Crippen LogP contribution in [-0.4, -0.2) is 25.8 Å².